The lowest BCUT2D eigenvalue weighted by molar-refractivity contribution is -0.0656. The molecule has 2 fully saturated rings. The summed E-state index contributed by atoms with van der Waals surface area (Å²) in [5, 5.41) is 7.49. The Kier molecular flexibility index (Phi) is 7.23. The van der Waals surface area contributed by atoms with Crippen LogP contribution in [-0.4, -0.2) is 61.0 Å². The van der Waals surface area contributed by atoms with Crippen molar-refractivity contribution < 1.29 is 14.0 Å². The Bertz CT molecular complexity index is 467. The average molecular weight is 347 g/mol. The van der Waals surface area contributed by atoms with Crippen LogP contribution in [0, 0.1) is 0 Å². The third-order valence-corrected chi connectivity index (χ3v) is 4.42. The number of piperazine rings is 1. The first-order valence-electron chi connectivity index (χ1n) is 8.21. The van der Waals surface area contributed by atoms with Crippen LogP contribution in [0.5, 0.6) is 0 Å². The molecule has 8 heteroatoms. The molecule has 0 radical (unpaired) electrons. The van der Waals surface area contributed by atoms with Crippen LogP contribution in [0.25, 0.3) is 0 Å². The van der Waals surface area contributed by atoms with Gasteiger partial charge in [0.2, 0.25) is 0 Å². The second-order valence-electron chi connectivity index (χ2n) is 6.16. The van der Waals surface area contributed by atoms with Gasteiger partial charge in [-0.1, -0.05) is 5.16 Å². The van der Waals surface area contributed by atoms with Crippen molar-refractivity contribution >= 4 is 12.4 Å². The number of halogens is 1. The maximum Gasteiger partial charge on any atom is 0.255 e. The standard InChI is InChI=1S/C15H26N4O3.ClH/c1-11(21-10-12-5-3-4-8-20-12)15-17-14(18-22-15)13-9-16-6-7-19(13)2;/h11-13,16H,3-10H2,1-2H3;1H. The van der Waals surface area contributed by atoms with Crippen molar-refractivity contribution in [2.24, 2.45) is 0 Å². The van der Waals surface area contributed by atoms with Gasteiger partial charge in [0, 0.05) is 26.2 Å². The Morgan fingerprint density at radius 1 is 1.43 bits per heavy atom. The number of nitrogens with one attached hydrogen (secondary N) is 1. The summed E-state index contributed by atoms with van der Waals surface area (Å²) < 4.78 is 16.9. The van der Waals surface area contributed by atoms with E-state index in [-0.39, 0.29) is 30.7 Å². The monoisotopic (exact) mass is 346 g/mol. The highest BCUT2D eigenvalue weighted by Crippen LogP contribution is 2.22. The van der Waals surface area contributed by atoms with Crippen molar-refractivity contribution in [1.82, 2.24) is 20.4 Å². The molecule has 132 valence electrons. The molecule has 3 unspecified atom stereocenters. The topological polar surface area (TPSA) is 72.7 Å². The summed E-state index contributed by atoms with van der Waals surface area (Å²) in [6.07, 6.45) is 3.44. The van der Waals surface area contributed by atoms with Gasteiger partial charge in [-0.2, -0.15) is 4.98 Å². The average Bonchev–Trinajstić information content (AvgIpc) is 3.04. The lowest BCUT2D eigenvalue weighted by Crippen LogP contribution is -2.44. The number of likely N-dealkylation sites (N-methyl/N-ethyl adjacent to an activating group) is 1. The van der Waals surface area contributed by atoms with Gasteiger partial charge in [0.15, 0.2) is 5.82 Å². The van der Waals surface area contributed by atoms with Crippen molar-refractivity contribution in [3.63, 3.8) is 0 Å². The smallest absolute Gasteiger partial charge is 0.255 e. The molecular formula is C15H27ClN4O3. The maximum atomic E-state index is 5.84. The number of rotatable bonds is 5. The molecule has 0 spiro atoms. The number of aromatic nitrogens is 2. The molecule has 3 rings (SSSR count). The Morgan fingerprint density at radius 3 is 3.04 bits per heavy atom. The molecule has 0 bridgehead atoms. The lowest BCUT2D eigenvalue weighted by Gasteiger charge is -2.30. The molecule has 23 heavy (non-hydrogen) atoms. The highest BCUT2D eigenvalue weighted by Gasteiger charge is 2.27. The van der Waals surface area contributed by atoms with Gasteiger partial charge in [-0.15, -0.1) is 12.4 Å². The summed E-state index contributed by atoms with van der Waals surface area (Å²) in [5.74, 6) is 1.28. The summed E-state index contributed by atoms with van der Waals surface area (Å²) >= 11 is 0. The number of ether oxygens (including phenoxy) is 2. The quantitative estimate of drug-likeness (QED) is 0.870. The van der Waals surface area contributed by atoms with Gasteiger partial charge in [-0.05, 0) is 33.2 Å². The zero-order valence-electron chi connectivity index (χ0n) is 13.9. The summed E-state index contributed by atoms with van der Waals surface area (Å²) in [7, 11) is 2.09. The normalized spacial score (nSPS) is 27.4. The van der Waals surface area contributed by atoms with Crippen molar-refractivity contribution in [3.05, 3.63) is 11.7 Å². The SMILES string of the molecule is CC(OCC1CCCCO1)c1nc(C2CNCCN2C)no1.Cl. The van der Waals surface area contributed by atoms with E-state index in [1.165, 1.54) is 6.42 Å². The van der Waals surface area contributed by atoms with Crippen LogP contribution in [-0.2, 0) is 9.47 Å². The lowest BCUT2D eigenvalue weighted by atomic mass is 10.1. The molecule has 0 amide bonds. The molecule has 2 saturated heterocycles. The first-order chi connectivity index (χ1) is 10.7. The number of hydrogen-bond donors (Lipinski definition) is 1. The van der Waals surface area contributed by atoms with Crippen LogP contribution in [0.3, 0.4) is 0 Å². The number of hydrogen-bond acceptors (Lipinski definition) is 7. The van der Waals surface area contributed by atoms with E-state index < -0.39 is 0 Å². The van der Waals surface area contributed by atoms with E-state index in [1.54, 1.807) is 0 Å². The van der Waals surface area contributed by atoms with Crippen LogP contribution in [0.2, 0.25) is 0 Å². The Balaban J connectivity index is 0.00000192. The Labute approximate surface area is 143 Å². The molecule has 7 nitrogen and oxygen atoms in total. The molecular weight excluding hydrogens is 320 g/mol. The third kappa shape index (κ3) is 4.87. The van der Waals surface area contributed by atoms with E-state index in [1.807, 2.05) is 6.92 Å². The zero-order chi connectivity index (χ0) is 15.4. The summed E-state index contributed by atoms with van der Waals surface area (Å²) in [5.41, 5.74) is 0. The van der Waals surface area contributed by atoms with E-state index in [0.717, 1.165) is 44.9 Å². The largest absolute Gasteiger partial charge is 0.376 e. The second-order valence-corrected chi connectivity index (χ2v) is 6.16. The van der Waals surface area contributed by atoms with Gasteiger partial charge in [-0.25, -0.2) is 0 Å². The first kappa shape index (κ1) is 18.6. The third-order valence-electron chi connectivity index (χ3n) is 4.42. The van der Waals surface area contributed by atoms with Crippen LogP contribution in [0.1, 0.15) is 50.0 Å². The zero-order valence-corrected chi connectivity index (χ0v) is 14.7. The van der Waals surface area contributed by atoms with Gasteiger partial charge in [0.1, 0.15) is 6.10 Å². The second kappa shape index (κ2) is 8.94. The number of nitrogens with zero attached hydrogens (tertiary/aromatic N) is 3. The van der Waals surface area contributed by atoms with Crippen molar-refractivity contribution in [2.75, 3.05) is 39.9 Å². The highest BCUT2D eigenvalue weighted by atomic mass is 35.5. The summed E-state index contributed by atoms with van der Waals surface area (Å²) in [4.78, 5) is 6.77. The molecule has 1 N–H and O–H groups in total. The van der Waals surface area contributed by atoms with E-state index in [0.29, 0.717) is 12.5 Å². The van der Waals surface area contributed by atoms with E-state index in [4.69, 9.17) is 14.0 Å². The van der Waals surface area contributed by atoms with Crippen LogP contribution in [0.4, 0.5) is 0 Å². The van der Waals surface area contributed by atoms with E-state index in [2.05, 4.69) is 27.4 Å². The summed E-state index contributed by atoms with van der Waals surface area (Å²) in [6.45, 7) is 6.21. The first-order valence-corrected chi connectivity index (χ1v) is 8.21. The molecule has 0 aromatic carbocycles. The molecule has 3 heterocycles. The van der Waals surface area contributed by atoms with Crippen LogP contribution in [0.15, 0.2) is 4.52 Å². The minimum atomic E-state index is -0.200. The predicted octanol–water partition coefficient (Wildman–Crippen LogP) is 1.71. The Hall–Kier alpha value is -0.730. The molecule has 1 aromatic rings. The van der Waals surface area contributed by atoms with Gasteiger partial charge in [-0.3, -0.25) is 4.90 Å². The van der Waals surface area contributed by atoms with Gasteiger partial charge < -0.3 is 19.3 Å². The minimum Gasteiger partial charge on any atom is -0.376 e. The van der Waals surface area contributed by atoms with Crippen molar-refractivity contribution in [2.45, 2.75) is 44.4 Å². The minimum absolute atomic E-state index is 0. The van der Waals surface area contributed by atoms with E-state index in [9.17, 15) is 0 Å². The highest BCUT2D eigenvalue weighted by molar-refractivity contribution is 5.85. The van der Waals surface area contributed by atoms with Gasteiger partial charge in [0.25, 0.3) is 5.89 Å². The maximum absolute atomic E-state index is 5.84. The Morgan fingerprint density at radius 2 is 2.30 bits per heavy atom. The fourth-order valence-corrected chi connectivity index (χ4v) is 2.90. The summed E-state index contributed by atoms with van der Waals surface area (Å²) in [6, 6.07) is 0.167. The van der Waals surface area contributed by atoms with E-state index >= 15 is 0 Å². The van der Waals surface area contributed by atoms with Crippen LogP contribution >= 0.6 is 12.4 Å². The van der Waals surface area contributed by atoms with Crippen LogP contribution < -0.4 is 5.32 Å². The molecule has 0 aliphatic carbocycles. The van der Waals surface area contributed by atoms with Gasteiger partial charge >= 0.3 is 0 Å². The molecule has 0 saturated carbocycles. The molecule has 3 atom stereocenters. The fraction of sp³-hybridized carbons (Fsp3) is 0.867. The molecule has 1 aromatic heterocycles. The molecule has 2 aliphatic heterocycles. The predicted molar refractivity (Wildman–Crippen MR) is 87.7 cm³/mol. The van der Waals surface area contributed by atoms with Gasteiger partial charge in [0.05, 0.1) is 18.8 Å². The molecule has 2 aliphatic rings. The van der Waals surface area contributed by atoms with Crippen molar-refractivity contribution in [3.8, 4) is 0 Å². The van der Waals surface area contributed by atoms with Crippen molar-refractivity contribution in [1.29, 1.82) is 0 Å². The fourth-order valence-electron chi connectivity index (χ4n) is 2.90.